The minimum Gasteiger partial charge on any atom is -0.273 e. The van der Waals surface area contributed by atoms with Gasteiger partial charge in [0.1, 0.15) is 11.4 Å². The molecule has 1 N–H and O–H groups in total. The van der Waals surface area contributed by atoms with Gasteiger partial charge < -0.3 is 0 Å². The van der Waals surface area contributed by atoms with E-state index in [1.807, 2.05) is 0 Å². The highest BCUT2D eigenvalue weighted by molar-refractivity contribution is 5.40. The van der Waals surface area contributed by atoms with Crippen LogP contribution in [0.1, 0.15) is 102 Å². The van der Waals surface area contributed by atoms with Crippen LogP contribution < -0.4 is 4.90 Å². The molecule has 0 aliphatic heterocycles. The molecule has 0 fully saturated rings. The molecular weight excluding hydrogens is 362 g/mol. The fraction of sp³-hybridized carbons (Fsp3) is 0.586. The van der Waals surface area contributed by atoms with Gasteiger partial charge in [-0.2, -0.15) is 0 Å². The summed E-state index contributed by atoms with van der Waals surface area (Å²) in [4.78, 5) is 1.38. The third kappa shape index (κ3) is 9.47. The minimum absolute atomic E-state index is 1.22. The first-order chi connectivity index (χ1) is 14.7. The van der Waals surface area contributed by atoms with Gasteiger partial charge in [-0.05, 0) is 61.1 Å². The first-order valence-corrected chi connectivity index (χ1v) is 12.8. The molecule has 1 heteroatoms. The third-order valence-electron chi connectivity index (χ3n) is 6.41. The van der Waals surface area contributed by atoms with Crippen molar-refractivity contribution in [3.05, 3.63) is 59.7 Å². The Morgan fingerprint density at radius 2 is 0.800 bits per heavy atom. The number of hydrogen-bond donors (Lipinski definition) is 1. The predicted molar refractivity (Wildman–Crippen MR) is 133 cm³/mol. The predicted octanol–water partition coefficient (Wildman–Crippen LogP) is 7.97. The van der Waals surface area contributed by atoms with Crippen LogP contribution in [0.4, 0.5) is 11.4 Å². The Kier molecular flexibility index (Phi) is 12.5. The molecule has 0 aliphatic carbocycles. The van der Waals surface area contributed by atoms with E-state index < -0.39 is 0 Å². The Morgan fingerprint density at radius 3 is 1.17 bits per heavy atom. The van der Waals surface area contributed by atoms with Crippen molar-refractivity contribution in [2.45, 2.75) is 104 Å². The van der Waals surface area contributed by atoms with Gasteiger partial charge in [-0.25, -0.2) is 0 Å². The maximum Gasteiger partial charge on any atom is 0.136 e. The van der Waals surface area contributed by atoms with Crippen LogP contribution in [0.2, 0.25) is 0 Å². The molecule has 2 aromatic carbocycles. The molecular formula is C29H46N+. The molecule has 0 saturated heterocycles. The molecule has 0 heterocycles. The van der Waals surface area contributed by atoms with E-state index in [9.17, 15) is 0 Å². The van der Waals surface area contributed by atoms with E-state index in [1.165, 1.54) is 117 Å². The van der Waals surface area contributed by atoms with Gasteiger partial charge in [0.15, 0.2) is 0 Å². The average Bonchev–Trinajstić information content (AvgIpc) is 2.79. The smallest absolute Gasteiger partial charge is 0.136 e. The monoisotopic (exact) mass is 408 g/mol. The molecule has 0 saturated carbocycles. The lowest BCUT2D eigenvalue weighted by atomic mass is 10.0. The van der Waals surface area contributed by atoms with Crippen LogP contribution in [-0.4, -0.2) is 7.05 Å². The largest absolute Gasteiger partial charge is 0.273 e. The van der Waals surface area contributed by atoms with Gasteiger partial charge in [0.05, 0.1) is 7.05 Å². The highest BCUT2D eigenvalue weighted by atomic mass is 15.1. The summed E-state index contributed by atoms with van der Waals surface area (Å²) >= 11 is 0. The molecule has 0 aromatic heterocycles. The summed E-state index contributed by atoms with van der Waals surface area (Å²) in [5.41, 5.74) is 5.67. The van der Waals surface area contributed by atoms with Crippen LogP contribution >= 0.6 is 0 Å². The average molecular weight is 409 g/mol. The van der Waals surface area contributed by atoms with Crippen molar-refractivity contribution in [1.82, 2.24) is 0 Å². The molecule has 0 unspecified atom stereocenters. The summed E-state index contributed by atoms with van der Waals surface area (Å²) < 4.78 is 0. The number of quaternary nitrogens is 1. The first kappa shape index (κ1) is 24.7. The maximum absolute atomic E-state index is 2.33. The molecule has 0 radical (unpaired) electrons. The normalized spacial score (nSPS) is 11.3. The molecule has 2 rings (SSSR count). The van der Waals surface area contributed by atoms with Crippen molar-refractivity contribution in [3.8, 4) is 0 Å². The molecule has 166 valence electrons. The van der Waals surface area contributed by atoms with Crippen LogP contribution in [0, 0.1) is 0 Å². The van der Waals surface area contributed by atoms with Crippen molar-refractivity contribution in [3.63, 3.8) is 0 Å². The topological polar surface area (TPSA) is 4.44 Å². The second kappa shape index (κ2) is 15.2. The Morgan fingerprint density at radius 1 is 0.467 bits per heavy atom. The van der Waals surface area contributed by atoms with Gasteiger partial charge in [0, 0.05) is 0 Å². The van der Waals surface area contributed by atoms with Gasteiger partial charge >= 0.3 is 0 Å². The first-order valence-electron chi connectivity index (χ1n) is 12.8. The lowest BCUT2D eigenvalue weighted by Crippen LogP contribution is -2.98. The molecule has 0 bridgehead atoms. The van der Waals surface area contributed by atoms with Gasteiger partial charge in [-0.15, -0.1) is 0 Å². The van der Waals surface area contributed by atoms with E-state index in [0.29, 0.717) is 0 Å². The molecule has 0 amide bonds. The fourth-order valence-corrected chi connectivity index (χ4v) is 4.23. The SMILES string of the molecule is CCCCCCCCc1ccc([NH+](C)c2ccc(CCCCCCCC)cc2)cc1. The highest BCUT2D eigenvalue weighted by Crippen LogP contribution is 2.15. The summed E-state index contributed by atoms with van der Waals surface area (Å²) in [6, 6.07) is 18.6. The van der Waals surface area contributed by atoms with Crippen molar-refractivity contribution < 1.29 is 4.90 Å². The van der Waals surface area contributed by atoms with E-state index >= 15 is 0 Å². The van der Waals surface area contributed by atoms with Gasteiger partial charge in [-0.1, -0.05) is 102 Å². The molecule has 0 aliphatic rings. The summed E-state index contributed by atoms with van der Waals surface area (Å²) in [7, 11) is 2.26. The molecule has 1 nitrogen and oxygen atoms in total. The van der Waals surface area contributed by atoms with E-state index in [2.05, 4.69) is 69.4 Å². The quantitative estimate of drug-likeness (QED) is 0.269. The number of rotatable bonds is 16. The van der Waals surface area contributed by atoms with Crippen molar-refractivity contribution in [2.75, 3.05) is 7.05 Å². The van der Waals surface area contributed by atoms with Crippen LogP contribution in [0.3, 0.4) is 0 Å². The van der Waals surface area contributed by atoms with Gasteiger partial charge in [-0.3, -0.25) is 4.90 Å². The van der Waals surface area contributed by atoms with Crippen molar-refractivity contribution >= 4 is 11.4 Å². The summed E-state index contributed by atoms with van der Waals surface area (Å²) in [6.07, 6.45) is 18.9. The Hall–Kier alpha value is -1.60. The summed E-state index contributed by atoms with van der Waals surface area (Å²) in [6.45, 7) is 4.57. The van der Waals surface area contributed by atoms with E-state index in [0.717, 1.165) is 0 Å². The Bertz CT molecular complexity index is 596. The highest BCUT2D eigenvalue weighted by Gasteiger charge is 2.10. The maximum atomic E-state index is 2.33. The van der Waals surface area contributed by atoms with Crippen LogP contribution in [0.25, 0.3) is 0 Å². The molecule has 2 aromatic rings. The molecule has 0 spiro atoms. The summed E-state index contributed by atoms with van der Waals surface area (Å²) in [5.74, 6) is 0. The van der Waals surface area contributed by atoms with E-state index in [-0.39, 0.29) is 0 Å². The van der Waals surface area contributed by atoms with Gasteiger partial charge in [0.25, 0.3) is 0 Å². The van der Waals surface area contributed by atoms with Crippen LogP contribution in [-0.2, 0) is 12.8 Å². The van der Waals surface area contributed by atoms with Crippen molar-refractivity contribution in [1.29, 1.82) is 0 Å². The van der Waals surface area contributed by atoms with E-state index in [1.54, 1.807) is 0 Å². The van der Waals surface area contributed by atoms with Crippen LogP contribution in [0.5, 0.6) is 0 Å². The Balaban J connectivity index is 1.74. The van der Waals surface area contributed by atoms with E-state index in [4.69, 9.17) is 0 Å². The second-order valence-electron chi connectivity index (χ2n) is 9.05. The minimum atomic E-state index is 1.22. The fourth-order valence-electron chi connectivity index (χ4n) is 4.23. The Labute approximate surface area is 186 Å². The summed E-state index contributed by atoms with van der Waals surface area (Å²) in [5, 5.41) is 0. The number of nitrogens with one attached hydrogen (secondary N) is 1. The zero-order valence-corrected chi connectivity index (χ0v) is 20.0. The lowest BCUT2D eigenvalue weighted by Gasteiger charge is -2.14. The van der Waals surface area contributed by atoms with Crippen molar-refractivity contribution in [2.24, 2.45) is 0 Å². The van der Waals surface area contributed by atoms with Crippen LogP contribution in [0.15, 0.2) is 48.5 Å². The number of hydrogen-bond acceptors (Lipinski definition) is 0. The molecule has 0 atom stereocenters. The number of aryl methyl sites for hydroxylation is 2. The molecule has 30 heavy (non-hydrogen) atoms. The lowest BCUT2D eigenvalue weighted by molar-refractivity contribution is -0.735. The standard InChI is InChI=1S/C29H45N/c1-4-6-8-10-12-14-16-26-18-22-28(23-19-26)30(3)29-24-20-27(21-25-29)17-15-13-11-9-7-5-2/h18-25H,4-17H2,1-3H3/p+1. The number of unbranched alkanes of at least 4 members (excludes halogenated alkanes) is 10. The zero-order chi connectivity index (χ0) is 21.4. The second-order valence-corrected chi connectivity index (χ2v) is 9.05. The zero-order valence-electron chi connectivity index (χ0n) is 20.0. The number of benzene rings is 2. The third-order valence-corrected chi connectivity index (χ3v) is 6.41. The van der Waals surface area contributed by atoms with Gasteiger partial charge in [0.2, 0.25) is 0 Å².